The number of hydrogen-bond acceptors (Lipinski definition) is 4. The van der Waals surface area contributed by atoms with E-state index in [9.17, 15) is 4.79 Å². The SMILES string of the molecule is CC(Sc1nnc2c(Cl)cc(Cl)cn12)C(=O)NC12CC3CC(CC(C3)C1)C2. The zero-order valence-corrected chi connectivity index (χ0v) is 17.4. The highest BCUT2D eigenvalue weighted by Crippen LogP contribution is 2.55. The maximum Gasteiger partial charge on any atom is 0.233 e. The number of fused-ring (bicyclic) bond motifs is 1. The largest absolute Gasteiger partial charge is 0.350 e. The number of amides is 1. The molecule has 1 unspecified atom stereocenters. The minimum absolute atomic E-state index is 0.0280. The molecule has 0 aliphatic heterocycles. The summed E-state index contributed by atoms with van der Waals surface area (Å²) in [7, 11) is 0. The summed E-state index contributed by atoms with van der Waals surface area (Å²) in [6.07, 6.45) is 9.30. The maximum atomic E-state index is 13.0. The fourth-order valence-electron chi connectivity index (χ4n) is 5.82. The Bertz CT molecular complexity index is 879. The Morgan fingerprint density at radius 2 is 1.85 bits per heavy atom. The highest BCUT2D eigenvalue weighted by molar-refractivity contribution is 8.00. The van der Waals surface area contributed by atoms with E-state index >= 15 is 0 Å². The minimum Gasteiger partial charge on any atom is -0.350 e. The van der Waals surface area contributed by atoms with Gasteiger partial charge in [0.1, 0.15) is 0 Å². The second kappa shape index (κ2) is 6.53. The second-order valence-corrected chi connectivity index (χ2v) is 10.8. The fraction of sp³-hybridized carbons (Fsp3) is 0.632. The normalized spacial score (nSPS) is 32.8. The summed E-state index contributed by atoms with van der Waals surface area (Å²) >= 11 is 13.7. The Morgan fingerprint density at radius 1 is 1.22 bits per heavy atom. The molecule has 4 aliphatic carbocycles. The van der Waals surface area contributed by atoms with Crippen molar-refractivity contribution in [3.05, 3.63) is 22.3 Å². The number of pyridine rings is 1. The third kappa shape index (κ3) is 3.23. The molecule has 4 bridgehead atoms. The second-order valence-electron chi connectivity index (χ2n) is 8.63. The maximum absolute atomic E-state index is 13.0. The van der Waals surface area contributed by atoms with Gasteiger partial charge in [-0.2, -0.15) is 0 Å². The van der Waals surface area contributed by atoms with Crippen LogP contribution in [-0.4, -0.2) is 31.3 Å². The van der Waals surface area contributed by atoms with Crippen molar-refractivity contribution < 1.29 is 4.79 Å². The molecule has 4 saturated carbocycles. The lowest BCUT2D eigenvalue weighted by Gasteiger charge is -2.57. The van der Waals surface area contributed by atoms with Crippen LogP contribution >= 0.6 is 35.0 Å². The van der Waals surface area contributed by atoms with Gasteiger partial charge in [-0.25, -0.2) is 0 Å². The molecule has 2 aromatic heterocycles. The minimum atomic E-state index is -0.261. The molecule has 0 spiro atoms. The zero-order valence-electron chi connectivity index (χ0n) is 15.1. The topological polar surface area (TPSA) is 59.3 Å². The highest BCUT2D eigenvalue weighted by Gasteiger charge is 2.51. The predicted octanol–water partition coefficient (Wildman–Crippen LogP) is 4.60. The van der Waals surface area contributed by atoms with Crippen LogP contribution in [0.4, 0.5) is 0 Å². The molecule has 5 nitrogen and oxygen atoms in total. The molecule has 2 aromatic rings. The molecule has 27 heavy (non-hydrogen) atoms. The van der Waals surface area contributed by atoms with Crippen molar-refractivity contribution >= 4 is 46.5 Å². The van der Waals surface area contributed by atoms with E-state index in [0.29, 0.717) is 20.8 Å². The number of nitrogens with zero attached hydrogens (tertiary/aromatic N) is 3. The average Bonchev–Trinajstić information content (AvgIpc) is 2.96. The van der Waals surface area contributed by atoms with Crippen molar-refractivity contribution in [3.8, 4) is 0 Å². The first kappa shape index (κ1) is 18.1. The van der Waals surface area contributed by atoms with E-state index in [0.717, 1.165) is 37.0 Å². The quantitative estimate of drug-likeness (QED) is 0.728. The number of nitrogens with one attached hydrogen (secondary N) is 1. The summed E-state index contributed by atoms with van der Waals surface area (Å²) in [4.78, 5) is 13.0. The lowest BCUT2D eigenvalue weighted by atomic mass is 9.53. The van der Waals surface area contributed by atoms with E-state index in [2.05, 4.69) is 15.5 Å². The summed E-state index contributed by atoms with van der Waals surface area (Å²) in [6, 6.07) is 1.64. The van der Waals surface area contributed by atoms with Crippen LogP contribution in [0.2, 0.25) is 10.0 Å². The van der Waals surface area contributed by atoms with Gasteiger partial charge in [-0.05, 0) is 69.3 Å². The van der Waals surface area contributed by atoms with Crippen LogP contribution in [0.15, 0.2) is 17.4 Å². The van der Waals surface area contributed by atoms with Gasteiger partial charge in [-0.15, -0.1) is 10.2 Å². The lowest BCUT2D eigenvalue weighted by molar-refractivity contribution is -0.126. The summed E-state index contributed by atoms with van der Waals surface area (Å²) < 4.78 is 1.75. The number of rotatable bonds is 4. The standard InChI is InChI=1S/C19H22Cl2N4OS/c1-10(27-18-24-23-16-15(21)5-14(20)9-25(16)18)17(26)22-19-6-11-2-12(7-19)4-13(3-11)8-19/h5,9-13H,2-4,6-8H2,1H3,(H,22,26). The van der Waals surface area contributed by atoms with Crippen LogP contribution in [0, 0.1) is 17.8 Å². The van der Waals surface area contributed by atoms with Gasteiger partial charge >= 0.3 is 0 Å². The van der Waals surface area contributed by atoms with Crippen LogP contribution in [0.1, 0.15) is 45.4 Å². The smallest absolute Gasteiger partial charge is 0.233 e. The molecular weight excluding hydrogens is 403 g/mol. The third-order valence-corrected chi connectivity index (χ3v) is 8.01. The number of carbonyl (C=O) groups excluding carboxylic acids is 1. The van der Waals surface area contributed by atoms with E-state index in [1.165, 1.54) is 31.0 Å². The molecule has 4 aliphatic rings. The van der Waals surface area contributed by atoms with Crippen molar-refractivity contribution in [2.75, 3.05) is 0 Å². The van der Waals surface area contributed by atoms with Crippen molar-refractivity contribution in [2.24, 2.45) is 17.8 Å². The van der Waals surface area contributed by atoms with Gasteiger partial charge in [-0.1, -0.05) is 35.0 Å². The Hall–Kier alpha value is -0.980. The van der Waals surface area contributed by atoms with Gasteiger partial charge in [0.25, 0.3) is 0 Å². The Morgan fingerprint density at radius 3 is 2.48 bits per heavy atom. The van der Waals surface area contributed by atoms with Crippen LogP contribution in [0.25, 0.3) is 5.65 Å². The summed E-state index contributed by atoms with van der Waals surface area (Å²) in [5, 5.41) is 13.1. The molecule has 4 fully saturated rings. The zero-order chi connectivity index (χ0) is 18.8. The van der Waals surface area contributed by atoms with E-state index in [4.69, 9.17) is 23.2 Å². The molecule has 6 rings (SSSR count). The van der Waals surface area contributed by atoms with Gasteiger partial charge in [-0.3, -0.25) is 9.20 Å². The number of thioether (sulfide) groups is 1. The van der Waals surface area contributed by atoms with Crippen LogP contribution in [-0.2, 0) is 4.79 Å². The van der Waals surface area contributed by atoms with E-state index in [-0.39, 0.29) is 16.7 Å². The van der Waals surface area contributed by atoms with Crippen LogP contribution in [0.3, 0.4) is 0 Å². The summed E-state index contributed by atoms with van der Waals surface area (Å²) in [6.45, 7) is 1.92. The van der Waals surface area contributed by atoms with Crippen molar-refractivity contribution in [3.63, 3.8) is 0 Å². The molecular formula is C19H22Cl2N4OS. The lowest BCUT2D eigenvalue weighted by Crippen LogP contribution is -2.60. The Labute approximate surface area is 172 Å². The molecule has 1 atom stereocenters. The van der Waals surface area contributed by atoms with Gasteiger partial charge in [0.2, 0.25) is 5.91 Å². The highest BCUT2D eigenvalue weighted by atomic mass is 35.5. The van der Waals surface area contributed by atoms with Crippen LogP contribution in [0.5, 0.6) is 0 Å². The molecule has 1 amide bonds. The van der Waals surface area contributed by atoms with Crippen molar-refractivity contribution in [2.45, 2.75) is 61.4 Å². The monoisotopic (exact) mass is 424 g/mol. The van der Waals surface area contributed by atoms with E-state index < -0.39 is 0 Å². The number of carbonyl (C=O) groups is 1. The van der Waals surface area contributed by atoms with Crippen LogP contribution < -0.4 is 5.32 Å². The van der Waals surface area contributed by atoms with Crippen molar-refractivity contribution in [1.29, 1.82) is 0 Å². The van der Waals surface area contributed by atoms with Gasteiger partial charge < -0.3 is 5.32 Å². The number of aromatic nitrogens is 3. The van der Waals surface area contributed by atoms with E-state index in [1.807, 2.05) is 6.92 Å². The molecule has 2 heterocycles. The molecule has 144 valence electrons. The molecule has 0 saturated heterocycles. The third-order valence-electron chi connectivity index (χ3n) is 6.47. The molecule has 0 radical (unpaired) electrons. The fourth-order valence-corrected chi connectivity index (χ4v) is 7.15. The average molecular weight is 425 g/mol. The molecule has 8 heteroatoms. The van der Waals surface area contributed by atoms with E-state index in [1.54, 1.807) is 16.7 Å². The number of halogens is 2. The van der Waals surface area contributed by atoms with Gasteiger partial charge in [0, 0.05) is 11.7 Å². The summed E-state index contributed by atoms with van der Waals surface area (Å²) in [5.41, 5.74) is 0.581. The van der Waals surface area contributed by atoms with Gasteiger partial charge in [0.15, 0.2) is 10.8 Å². The predicted molar refractivity (Wildman–Crippen MR) is 107 cm³/mol. The molecule has 0 aromatic carbocycles. The first-order valence-corrected chi connectivity index (χ1v) is 11.2. The Balaban J connectivity index is 1.32. The summed E-state index contributed by atoms with van der Waals surface area (Å²) in [5.74, 6) is 2.52. The van der Waals surface area contributed by atoms with Crippen molar-refractivity contribution in [1.82, 2.24) is 19.9 Å². The molecule has 1 N–H and O–H groups in total. The first-order valence-electron chi connectivity index (χ1n) is 9.59. The first-order chi connectivity index (χ1) is 12.9. The van der Waals surface area contributed by atoms with Gasteiger partial charge in [0.05, 0.1) is 15.3 Å². The number of hydrogen-bond donors (Lipinski definition) is 1. The Kier molecular flexibility index (Phi) is 4.37.